The molecule has 2 amide bonds. The number of benzene rings is 2. The van der Waals surface area contributed by atoms with Crippen LogP contribution in [0, 0.1) is 0 Å². The van der Waals surface area contributed by atoms with Crippen molar-refractivity contribution in [2.45, 2.75) is 17.5 Å². The number of primary amides is 1. The first-order chi connectivity index (χ1) is 13.1. The van der Waals surface area contributed by atoms with Gasteiger partial charge in [0, 0.05) is 12.1 Å². The van der Waals surface area contributed by atoms with E-state index in [-0.39, 0.29) is 12.5 Å². The fourth-order valence-electron chi connectivity index (χ4n) is 2.64. The quantitative estimate of drug-likeness (QED) is 0.742. The van der Waals surface area contributed by atoms with Crippen LogP contribution in [0.25, 0.3) is 0 Å². The number of rotatable bonds is 7. The van der Waals surface area contributed by atoms with Crippen LogP contribution in [-0.4, -0.2) is 29.9 Å². The molecule has 1 heterocycles. The Bertz CT molecular complexity index is 790. The minimum atomic E-state index is -0.486. The van der Waals surface area contributed by atoms with E-state index in [0.717, 1.165) is 5.56 Å². The zero-order chi connectivity index (χ0) is 19.1. The summed E-state index contributed by atoms with van der Waals surface area (Å²) in [5.74, 6) is 2.38. The lowest BCUT2D eigenvalue weighted by molar-refractivity contribution is -0.123. The molecule has 2 aromatic carbocycles. The third-order valence-corrected chi connectivity index (χ3v) is 7.07. The number of amides is 2. The third-order valence-electron chi connectivity index (χ3n) is 4.05. The van der Waals surface area contributed by atoms with Gasteiger partial charge < -0.3 is 15.8 Å². The molecular formula is C20H22N2O3S2. The molecule has 3 N–H and O–H groups in total. The minimum Gasteiger partial charge on any atom is -0.484 e. The Balaban J connectivity index is 1.45. The molecule has 0 saturated carbocycles. The summed E-state index contributed by atoms with van der Waals surface area (Å²) in [5.41, 5.74) is 7.78. The van der Waals surface area contributed by atoms with Crippen molar-refractivity contribution in [3.63, 3.8) is 0 Å². The molecule has 0 radical (unpaired) electrons. The van der Waals surface area contributed by atoms with Crippen LogP contribution in [-0.2, 0) is 11.3 Å². The van der Waals surface area contributed by atoms with E-state index in [9.17, 15) is 9.59 Å². The van der Waals surface area contributed by atoms with Gasteiger partial charge in [-0.2, -0.15) is 0 Å². The van der Waals surface area contributed by atoms with Gasteiger partial charge in [0.15, 0.2) is 6.61 Å². The van der Waals surface area contributed by atoms with E-state index in [0.29, 0.717) is 22.4 Å². The Morgan fingerprint density at radius 1 is 1.11 bits per heavy atom. The summed E-state index contributed by atoms with van der Waals surface area (Å²) < 4.78 is 6.05. The predicted molar refractivity (Wildman–Crippen MR) is 111 cm³/mol. The van der Waals surface area contributed by atoms with Crippen molar-refractivity contribution in [2.75, 3.05) is 18.1 Å². The molecule has 7 heteroatoms. The third kappa shape index (κ3) is 5.94. The van der Waals surface area contributed by atoms with Crippen molar-refractivity contribution < 1.29 is 14.3 Å². The summed E-state index contributed by atoms with van der Waals surface area (Å²) in [6, 6.07) is 14.8. The van der Waals surface area contributed by atoms with E-state index in [1.807, 2.05) is 41.7 Å². The second-order valence-electron chi connectivity index (χ2n) is 6.13. The van der Waals surface area contributed by atoms with Gasteiger partial charge in [-0.05, 0) is 53.3 Å². The molecule has 3 rings (SSSR count). The second kappa shape index (κ2) is 9.71. The zero-order valence-electron chi connectivity index (χ0n) is 14.9. The molecule has 1 fully saturated rings. The number of hydrogen-bond donors (Lipinski definition) is 2. The highest BCUT2D eigenvalue weighted by Gasteiger charge is 2.16. The lowest BCUT2D eigenvalue weighted by Gasteiger charge is -2.21. The fraction of sp³-hybridized carbons (Fsp3) is 0.300. The summed E-state index contributed by atoms with van der Waals surface area (Å²) in [6.07, 6.45) is 1.27. The first kappa shape index (κ1) is 19.6. The normalized spacial score (nSPS) is 14.5. The van der Waals surface area contributed by atoms with Gasteiger partial charge in [0.2, 0.25) is 5.91 Å². The van der Waals surface area contributed by atoms with Crippen molar-refractivity contribution >= 4 is 35.3 Å². The Morgan fingerprint density at radius 2 is 1.85 bits per heavy atom. The molecule has 0 atom stereocenters. The summed E-state index contributed by atoms with van der Waals surface area (Å²) in [5, 5.41) is 2.78. The van der Waals surface area contributed by atoms with E-state index in [4.69, 9.17) is 10.5 Å². The average molecular weight is 403 g/mol. The van der Waals surface area contributed by atoms with Crippen LogP contribution >= 0.6 is 23.5 Å². The van der Waals surface area contributed by atoms with Crippen molar-refractivity contribution in [3.05, 3.63) is 65.2 Å². The van der Waals surface area contributed by atoms with Crippen LogP contribution in [0.3, 0.4) is 0 Å². The molecule has 1 saturated heterocycles. The summed E-state index contributed by atoms with van der Waals surface area (Å²) in [4.78, 5) is 23.2. The van der Waals surface area contributed by atoms with Crippen molar-refractivity contribution in [1.29, 1.82) is 0 Å². The number of nitrogens with two attached hydrogens (primary N) is 1. The van der Waals surface area contributed by atoms with Gasteiger partial charge in [-0.3, -0.25) is 9.59 Å². The topological polar surface area (TPSA) is 81.4 Å². The predicted octanol–water partition coefficient (Wildman–Crippen LogP) is 3.35. The van der Waals surface area contributed by atoms with Crippen molar-refractivity contribution in [1.82, 2.24) is 5.32 Å². The standard InChI is InChI=1S/C20H22N2O3S2/c21-19(24)16-4-1-3-14(11-16)12-22-18(23)13-25-17-7-5-15(6-8-17)20-26-9-2-10-27-20/h1,3-8,11,20H,2,9-10,12-13H2,(H2,21,24)(H,22,23). The van der Waals surface area contributed by atoms with E-state index in [2.05, 4.69) is 17.4 Å². The van der Waals surface area contributed by atoms with Crippen LogP contribution in [0.5, 0.6) is 5.75 Å². The number of nitrogens with one attached hydrogen (secondary N) is 1. The van der Waals surface area contributed by atoms with Gasteiger partial charge in [-0.15, -0.1) is 23.5 Å². The van der Waals surface area contributed by atoms with Crippen LogP contribution in [0.1, 0.15) is 32.5 Å². The molecule has 1 aliphatic rings. The average Bonchev–Trinajstić information content (AvgIpc) is 2.72. The van der Waals surface area contributed by atoms with E-state index in [1.165, 1.54) is 23.5 Å². The largest absolute Gasteiger partial charge is 0.484 e. The maximum atomic E-state index is 12.0. The molecule has 27 heavy (non-hydrogen) atoms. The zero-order valence-corrected chi connectivity index (χ0v) is 16.5. The van der Waals surface area contributed by atoms with Crippen LogP contribution in [0.15, 0.2) is 48.5 Å². The molecule has 5 nitrogen and oxygen atoms in total. The number of carbonyl (C=O) groups excluding carboxylic acids is 2. The summed E-state index contributed by atoms with van der Waals surface area (Å²) in [7, 11) is 0. The highest BCUT2D eigenvalue weighted by molar-refractivity contribution is 8.16. The second-order valence-corrected chi connectivity index (χ2v) is 8.85. The van der Waals surface area contributed by atoms with Crippen LogP contribution in [0.2, 0.25) is 0 Å². The Kier molecular flexibility index (Phi) is 7.06. The Labute approximate surface area is 167 Å². The minimum absolute atomic E-state index is 0.0538. The number of ether oxygens (including phenoxy) is 1. The Morgan fingerprint density at radius 3 is 2.56 bits per heavy atom. The molecule has 0 spiro atoms. The summed E-state index contributed by atoms with van der Waals surface area (Å²) >= 11 is 3.95. The molecule has 142 valence electrons. The van der Waals surface area contributed by atoms with E-state index in [1.54, 1.807) is 18.2 Å². The molecule has 0 bridgehead atoms. The number of carbonyl (C=O) groups is 2. The van der Waals surface area contributed by atoms with E-state index >= 15 is 0 Å². The van der Waals surface area contributed by atoms with E-state index < -0.39 is 5.91 Å². The first-order valence-corrected chi connectivity index (χ1v) is 10.8. The molecule has 1 aliphatic heterocycles. The molecule has 0 aliphatic carbocycles. The fourth-order valence-corrected chi connectivity index (χ4v) is 5.53. The van der Waals surface area contributed by atoms with Crippen molar-refractivity contribution in [3.8, 4) is 5.75 Å². The Hall–Kier alpha value is -2.12. The van der Waals surface area contributed by atoms with Crippen molar-refractivity contribution in [2.24, 2.45) is 5.73 Å². The smallest absolute Gasteiger partial charge is 0.258 e. The highest BCUT2D eigenvalue weighted by Crippen LogP contribution is 2.43. The van der Waals surface area contributed by atoms with Gasteiger partial charge in [-0.25, -0.2) is 0 Å². The van der Waals surface area contributed by atoms with Gasteiger partial charge in [0.25, 0.3) is 5.91 Å². The van der Waals surface area contributed by atoms with Gasteiger partial charge in [0.05, 0.1) is 4.58 Å². The van der Waals surface area contributed by atoms with Crippen LogP contribution < -0.4 is 15.8 Å². The molecule has 0 aromatic heterocycles. The first-order valence-electron chi connectivity index (χ1n) is 8.73. The maximum absolute atomic E-state index is 12.0. The lowest BCUT2D eigenvalue weighted by Crippen LogP contribution is -2.28. The monoisotopic (exact) mass is 402 g/mol. The van der Waals surface area contributed by atoms with Gasteiger partial charge in [0.1, 0.15) is 5.75 Å². The lowest BCUT2D eigenvalue weighted by atomic mass is 10.1. The molecule has 0 unspecified atom stereocenters. The SMILES string of the molecule is NC(=O)c1cccc(CNC(=O)COc2ccc(C3SCCCS3)cc2)c1. The molecule has 2 aromatic rings. The number of hydrogen-bond acceptors (Lipinski definition) is 5. The highest BCUT2D eigenvalue weighted by atomic mass is 32.2. The van der Waals surface area contributed by atoms with Gasteiger partial charge in [-0.1, -0.05) is 24.3 Å². The summed E-state index contributed by atoms with van der Waals surface area (Å²) in [6.45, 7) is 0.264. The molecular weight excluding hydrogens is 380 g/mol. The van der Waals surface area contributed by atoms with Crippen LogP contribution in [0.4, 0.5) is 0 Å². The van der Waals surface area contributed by atoms with Gasteiger partial charge >= 0.3 is 0 Å². The maximum Gasteiger partial charge on any atom is 0.258 e. The number of thioether (sulfide) groups is 2.